The third-order valence-electron chi connectivity index (χ3n) is 1.57. The van der Waals surface area contributed by atoms with Gasteiger partial charge in [0.2, 0.25) is 0 Å². The zero-order valence-corrected chi connectivity index (χ0v) is 6.15. The van der Waals surface area contributed by atoms with Gasteiger partial charge >= 0.3 is 0 Å². The van der Waals surface area contributed by atoms with Crippen LogP contribution in [0.25, 0.3) is 11.2 Å². The van der Waals surface area contributed by atoms with Crippen LogP contribution in [0.15, 0.2) is 18.6 Å². The van der Waals surface area contributed by atoms with Crippen molar-refractivity contribution in [2.75, 3.05) is 5.73 Å². The van der Waals surface area contributed by atoms with Crippen LogP contribution < -0.4 is 5.73 Å². The highest BCUT2D eigenvalue weighted by molar-refractivity contribution is 5.73. The number of nitrogens with two attached hydrogens (primary N) is 1. The molecule has 0 saturated carbocycles. The maximum atomic E-state index is 5.52. The molecule has 2 aromatic heterocycles. The molecular weight excluding hydrogens is 140 g/mol. The van der Waals surface area contributed by atoms with E-state index in [0.717, 1.165) is 11.2 Å². The molecule has 4 nitrogen and oxygen atoms in total. The van der Waals surface area contributed by atoms with Gasteiger partial charge in [0, 0.05) is 7.05 Å². The van der Waals surface area contributed by atoms with Crippen LogP contribution in [0.3, 0.4) is 0 Å². The highest BCUT2D eigenvalue weighted by Crippen LogP contribution is 2.10. The summed E-state index contributed by atoms with van der Waals surface area (Å²) in [6, 6.07) is 1.81. The van der Waals surface area contributed by atoms with Crippen LogP contribution in [0.1, 0.15) is 0 Å². The average Bonchev–Trinajstić information content (AvgIpc) is 2.32. The van der Waals surface area contributed by atoms with Crippen LogP contribution in [0.4, 0.5) is 5.69 Å². The van der Waals surface area contributed by atoms with Gasteiger partial charge in [-0.3, -0.25) is 0 Å². The Bertz CT molecular complexity index is 390. The third-order valence-corrected chi connectivity index (χ3v) is 1.57. The predicted octanol–water partition coefficient (Wildman–Crippen LogP) is 0.550. The Hall–Kier alpha value is -1.58. The molecule has 0 aromatic carbocycles. The standard InChI is InChI=1S/C7H8N4/c1-11-4-10-6-2-5(8)3-9-7(6)11/h2-4H,8H2,1H3. The number of hydrogen-bond acceptors (Lipinski definition) is 3. The molecule has 0 bridgehead atoms. The van der Waals surface area contributed by atoms with Crippen LogP contribution >= 0.6 is 0 Å². The van der Waals surface area contributed by atoms with Crippen molar-refractivity contribution >= 4 is 16.9 Å². The van der Waals surface area contributed by atoms with E-state index in [9.17, 15) is 0 Å². The minimum Gasteiger partial charge on any atom is -0.397 e. The molecule has 2 N–H and O–H groups in total. The second kappa shape index (κ2) is 1.95. The Morgan fingerprint density at radius 3 is 3.09 bits per heavy atom. The molecule has 0 radical (unpaired) electrons. The van der Waals surface area contributed by atoms with Gasteiger partial charge in [-0.05, 0) is 6.07 Å². The molecule has 0 unspecified atom stereocenters. The number of aromatic nitrogens is 3. The highest BCUT2D eigenvalue weighted by Gasteiger charge is 1.99. The third kappa shape index (κ3) is 0.832. The number of nitrogen functional groups attached to an aromatic ring is 1. The van der Waals surface area contributed by atoms with Gasteiger partial charge in [-0.1, -0.05) is 0 Å². The maximum absolute atomic E-state index is 5.52. The molecule has 0 saturated heterocycles. The van der Waals surface area contributed by atoms with E-state index in [1.807, 2.05) is 17.7 Å². The van der Waals surface area contributed by atoms with Crippen molar-refractivity contribution in [1.29, 1.82) is 0 Å². The van der Waals surface area contributed by atoms with Gasteiger partial charge in [0.25, 0.3) is 0 Å². The van der Waals surface area contributed by atoms with Gasteiger partial charge in [0.1, 0.15) is 5.52 Å². The van der Waals surface area contributed by atoms with Crippen LogP contribution in [-0.2, 0) is 7.05 Å². The number of pyridine rings is 1. The molecule has 0 aliphatic heterocycles. The summed E-state index contributed by atoms with van der Waals surface area (Å²) in [5.41, 5.74) is 7.87. The lowest BCUT2D eigenvalue weighted by Gasteiger charge is -1.92. The zero-order chi connectivity index (χ0) is 7.84. The van der Waals surface area contributed by atoms with E-state index in [4.69, 9.17) is 5.73 Å². The molecule has 0 atom stereocenters. The molecule has 2 rings (SSSR count). The molecule has 11 heavy (non-hydrogen) atoms. The minimum absolute atomic E-state index is 0.649. The smallest absolute Gasteiger partial charge is 0.159 e. The van der Waals surface area contributed by atoms with Gasteiger partial charge in [-0.15, -0.1) is 0 Å². The van der Waals surface area contributed by atoms with E-state index in [1.54, 1.807) is 12.5 Å². The molecule has 2 heterocycles. The fourth-order valence-corrected chi connectivity index (χ4v) is 1.03. The number of hydrogen-bond donors (Lipinski definition) is 1. The van der Waals surface area contributed by atoms with Crippen molar-refractivity contribution in [3.05, 3.63) is 18.6 Å². The summed E-state index contributed by atoms with van der Waals surface area (Å²) in [4.78, 5) is 8.22. The lowest BCUT2D eigenvalue weighted by atomic mass is 10.4. The molecule has 0 amide bonds. The molecular formula is C7H8N4. The number of aryl methyl sites for hydroxylation is 1. The largest absolute Gasteiger partial charge is 0.397 e. The summed E-state index contributed by atoms with van der Waals surface area (Å²) >= 11 is 0. The average molecular weight is 148 g/mol. The van der Waals surface area contributed by atoms with Crippen molar-refractivity contribution in [2.45, 2.75) is 0 Å². The summed E-state index contributed by atoms with van der Waals surface area (Å²) in [5.74, 6) is 0. The molecule has 0 spiro atoms. The lowest BCUT2D eigenvalue weighted by Crippen LogP contribution is -1.89. The number of fused-ring (bicyclic) bond motifs is 1. The van der Waals surface area contributed by atoms with Crippen molar-refractivity contribution < 1.29 is 0 Å². The number of imidazole rings is 1. The lowest BCUT2D eigenvalue weighted by molar-refractivity contribution is 0.931. The van der Waals surface area contributed by atoms with Gasteiger partial charge in [0.15, 0.2) is 5.65 Å². The first-order valence-corrected chi connectivity index (χ1v) is 3.30. The fourth-order valence-electron chi connectivity index (χ4n) is 1.03. The van der Waals surface area contributed by atoms with Crippen LogP contribution in [0.5, 0.6) is 0 Å². The topological polar surface area (TPSA) is 56.7 Å². The Balaban J connectivity index is 2.86. The first-order valence-electron chi connectivity index (χ1n) is 3.30. The minimum atomic E-state index is 0.649. The summed E-state index contributed by atoms with van der Waals surface area (Å²) in [7, 11) is 1.90. The van der Waals surface area contributed by atoms with Crippen molar-refractivity contribution in [2.24, 2.45) is 7.05 Å². The first kappa shape index (κ1) is 6.15. The summed E-state index contributed by atoms with van der Waals surface area (Å²) in [6.07, 6.45) is 3.35. The Kier molecular flexibility index (Phi) is 1.09. The van der Waals surface area contributed by atoms with Crippen molar-refractivity contribution in [3.63, 3.8) is 0 Å². The van der Waals surface area contributed by atoms with E-state index in [-0.39, 0.29) is 0 Å². The van der Waals surface area contributed by atoms with Gasteiger partial charge in [-0.2, -0.15) is 0 Å². The van der Waals surface area contributed by atoms with Crippen LogP contribution in [0, 0.1) is 0 Å². The Morgan fingerprint density at radius 2 is 2.27 bits per heavy atom. The quantitative estimate of drug-likeness (QED) is 0.593. The van der Waals surface area contributed by atoms with E-state index in [0.29, 0.717) is 5.69 Å². The fraction of sp³-hybridized carbons (Fsp3) is 0.143. The van der Waals surface area contributed by atoms with Crippen LogP contribution in [-0.4, -0.2) is 14.5 Å². The van der Waals surface area contributed by atoms with Gasteiger partial charge in [-0.25, -0.2) is 9.97 Å². The predicted molar refractivity (Wildman–Crippen MR) is 42.9 cm³/mol. The van der Waals surface area contributed by atoms with Crippen LogP contribution in [0.2, 0.25) is 0 Å². The SMILES string of the molecule is Cn1cnc2cc(N)cnc21. The molecule has 0 aliphatic rings. The van der Waals surface area contributed by atoms with E-state index < -0.39 is 0 Å². The molecule has 4 heteroatoms. The molecule has 56 valence electrons. The summed E-state index contributed by atoms with van der Waals surface area (Å²) < 4.78 is 1.86. The number of nitrogens with zero attached hydrogens (tertiary/aromatic N) is 3. The maximum Gasteiger partial charge on any atom is 0.159 e. The zero-order valence-electron chi connectivity index (χ0n) is 6.15. The van der Waals surface area contributed by atoms with Gasteiger partial charge in [0.05, 0.1) is 18.2 Å². The Morgan fingerprint density at radius 1 is 1.45 bits per heavy atom. The second-order valence-electron chi connectivity index (χ2n) is 2.47. The molecule has 0 aliphatic carbocycles. The van der Waals surface area contributed by atoms with Gasteiger partial charge < -0.3 is 10.3 Å². The summed E-state index contributed by atoms with van der Waals surface area (Å²) in [6.45, 7) is 0. The molecule has 0 fully saturated rings. The summed E-state index contributed by atoms with van der Waals surface area (Å²) in [5, 5.41) is 0. The number of rotatable bonds is 0. The van der Waals surface area contributed by atoms with E-state index in [1.165, 1.54) is 0 Å². The molecule has 2 aromatic rings. The number of anilines is 1. The normalized spacial score (nSPS) is 10.6. The Labute approximate surface area is 63.7 Å². The first-order chi connectivity index (χ1) is 5.27. The van der Waals surface area contributed by atoms with E-state index >= 15 is 0 Å². The van der Waals surface area contributed by atoms with Crippen molar-refractivity contribution in [1.82, 2.24) is 14.5 Å². The van der Waals surface area contributed by atoms with E-state index in [2.05, 4.69) is 9.97 Å². The van der Waals surface area contributed by atoms with Crippen molar-refractivity contribution in [3.8, 4) is 0 Å². The second-order valence-corrected chi connectivity index (χ2v) is 2.47. The highest BCUT2D eigenvalue weighted by atomic mass is 15.1. The monoisotopic (exact) mass is 148 g/mol.